The Morgan fingerprint density at radius 3 is 2.26 bits per heavy atom. The summed E-state index contributed by atoms with van der Waals surface area (Å²) in [5.41, 5.74) is 2.48. The Hall–Kier alpha value is -4.42. The van der Waals surface area contributed by atoms with Gasteiger partial charge in [0.15, 0.2) is 29.9 Å². The van der Waals surface area contributed by atoms with Gasteiger partial charge in [0.25, 0.3) is 0 Å². The predicted molar refractivity (Wildman–Crippen MR) is 185 cm³/mol. The van der Waals surface area contributed by atoms with Gasteiger partial charge in [-0.25, -0.2) is 19.0 Å². The minimum atomic E-state index is -0.962. The van der Waals surface area contributed by atoms with E-state index >= 15 is 0 Å². The number of methoxy groups -OCH3 is 2. The Kier molecular flexibility index (Phi) is 12.2. The maximum absolute atomic E-state index is 14.3. The van der Waals surface area contributed by atoms with Gasteiger partial charge in [0, 0.05) is 24.2 Å². The highest BCUT2D eigenvalue weighted by Crippen LogP contribution is 2.36. The number of anilines is 1. The molecule has 0 amide bonds. The molecule has 3 aliphatic heterocycles. The molecule has 3 aliphatic rings. The number of hydrogen-bond donors (Lipinski definition) is 1. The number of carbonyl (C=O) groups excluding carboxylic acids is 2. The van der Waals surface area contributed by atoms with E-state index in [9.17, 15) is 14.0 Å². The minimum Gasteiger partial charge on any atom is -0.870 e. The molecule has 0 radical (unpaired) electrons. The minimum absolute atomic E-state index is 0. The summed E-state index contributed by atoms with van der Waals surface area (Å²) in [6, 6.07) is 16.7. The number of aromatic amines is 1. The van der Waals surface area contributed by atoms with Gasteiger partial charge in [-0.1, -0.05) is 41.4 Å². The Morgan fingerprint density at radius 1 is 0.940 bits per heavy atom. The van der Waals surface area contributed by atoms with Crippen LogP contribution in [0.4, 0.5) is 10.1 Å². The van der Waals surface area contributed by atoms with Crippen molar-refractivity contribution in [3.05, 3.63) is 117 Å². The molecule has 13 heteroatoms. The molecule has 3 fully saturated rings. The van der Waals surface area contributed by atoms with Crippen LogP contribution in [0.3, 0.4) is 0 Å². The normalized spacial score (nSPS) is 19.0. The highest BCUT2D eigenvalue weighted by molar-refractivity contribution is 6.35. The number of benzene rings is 3. The first kappa shape index (κ1) is 36.9. The summed E-state index contributed by atoms with van der Waals surface area (Å²) in [6.45, 7) is 2.73. The first-order valence-corrected chi connectivity index (χ1v) is 16.8. The molecule has 1 aromatic heterocycles. The molecule has 264 valence electrons. The molecular weight excluding hydrogens is 688 g/mol. The van der Waals surface area contributed by atoms with E-state index in [1.54, 1.807) is 67.0 Å². The van der Waals surface area contributed by atoms with Crippen molar-refractivity contribution in [3.63, 3.8) is 0 Å². The van der Waals surface area contributed by atoms with Gasteiger partial charge in [-0.15, -0.1) is 0 Å². The van der Waals surface area contributed by atoms with Crippen molar-refractivity contribution >= 4 is 40.8 Å². The third-order valence-electron chi connectivity index (χ3n) is 9.13. The monoisotopic (exact) mass is 725 g/mol. The fraction of sp³-hybridized carbons (Fsp3) is 0.324. The highest BCUT2D eigenvalue weighted by atomic mass is 35.5. The van der Waals surface area contributed by atoms with E-state index in [2.05, 4.69) is 15.2 Å². The third-order valence-corrected chi connectivity index (χ3v) is 9.80. The van der Waals surface area contributed by atoms with E-state index < -0.39 is 29.9 Å². The topological polar surface area (TPSA) is 130 Å². The Bertz CT molecular complexity index is 1780. The highest BCUT2D eigenvalue weighted by Gasteiger charge is 2.38. The molecule has 2 bridgehead atoms. The second-order valence-electron chi connectivity index (χ2n) is 12.2. The van der Waals surface area contributed by atoms with Gasteiger partial charge < -0.3 is 29.7 Å². The van der Waals surface area contributed by atoms with Crippen LogP contribution >= 0.6 is 23.2 Å². The summed E-state index contributed by atoms with van der Waals surface area (Å²) < 4.78 is 37.2. The average Bonchev–Trinajstić information content (AvgIpc) is 3.12. The van der Waals surface area contributed by atoms with Gasteiger partial charge >= 0.3 is 11.9 Å². The first-order chi connectivity index (χ1) is 23.7. The average molecular weight is 727 g/mol. The molecule has 4 aromatic rings. The molecule has 0 aliphatic carbocycles. The second kappa shape index (κ2) is 16.5. The van der Waals surface area contributed by atoms with Crippen LogP contribution in [0.2, 0.25) is 10.0 Å². The number of nitrogens with zero attached hydrogens (tertiary/aromatic N) is 1. The van der Waals surface area contributed by atoms with Crippen LogP contribution < -0.4 is 19.8 Å². The second-order valence-corrected chi connectivity index (χ2v) is 13.0. The van der Waals surface area contributed by atoms with E-state index in [1.807, 2.05) is 0 Å². The summed E-state index contributed by atoms with van der Waals surface area (Å²) >= 11 is 12.9. The lowest BCUT2D eigenvalue weighted by Crippen LogP contribution is -2.52. The van der Waals surface area contributed by atoms with Crippen LogP contribution in [-0.4, -0.2) is 62.3 Å². The number of H-pyrrole nitrogens is 1. The summed E-state index contributed by atoms with van der Waals surface area (Å²) in [5, 5.41) is 3.98. The van der Waals surface area contributed by atoms with Gasteiger partial charge in [0.05, 0.1) is 19.8 Å². The number of aromatic nitrogens is 1. The lowest BCUT2D eigenvalue weighted by atomic mass is 9.86. The fourth-order valence-corrected chi connectivity index (χ4v) is 6.96. The van der Waals surface area contributed by atoms with Gasteiger partial charge in [-0.05, 0) is 91.5 Å². The van der Waals surface area contributed by atoms with Gasteiger partial charge in [-0.3, -0.25) is 4.90 Å². The van der Waals surface area contributed by atoms with Crippen molar-refractivity contribution < 1.29 is 43.4 Å². The molecule has 50 heavy (non-hydrogen) atoms. The van der Waals surface area contributed by atoms with Crippen LogP contribution in [0.25, 0.3) is 0 Å². The first-order valence-electron chi connectivity index (χ1n) is 16.0. The van der Waals surface area contributed by atoms with Crippen molar-refractivity contribution in [2.75, 3.05) is 39.2 Å². The lowest BCUT2D eigenvalue weighted by molar-refractivity contribution is -0.377. The van der Waals surface area contributed by atoms with Gasteiger partial charge in [0.1, 0.15) is 28.1 Å². The predicted octanol–water partition coefficient (Wildman–Crippen LogP) is 6.72. The summed E-state index contributed by atoms with van der Waals surface area (Å²) in [5.74, 6) is -0.226. The number of hydrogen-bond acceptors (Lipinski definition) is 9. The molecule has 4 heterocycles. The van der Waals surface area contributed by atoms with E-state index in [4.69, 9.17) is 42.1 Å². The van der Waals surface area contributed by atoms with Crippen LogP contribution in [0.5, 0.6) is 11.5 Å². The Balaban J connectivity index is 0.00000486. The molecule has 3 aromatic carbocycles. The number of carbonyl (C=O) groups is 2. The number of piperidine rings is 3. The quantitative estimate of drug-likeness (QED) is 0.158. The number of fused-ring (bicyclic) bond motifs is 3. The number of ether oxygens (including phenoxy) is 4. The molecule has 3 atom stereocenters. The van der Waals surface area contributed by atoms with Crippen molar-refractivity contribution in [1.82, 2.24) is 4.90 Å². The number of rotatable bonds is 12. The molecule has 0 saturated carbocycles. The third kappa shape index (κ3) is 8.47. The number of pyridine rings is 1. The summed E-state index contributed by atoms with van der Waals surface area (Å²) in [4.78, 5) is 32.3. The van der Waals surface area contributed by atoms with Crippen molar-refractivity contribution in [1.29, 1.82) is 0 Å². The van der Waals surface area contributed by atoms with Crippen molar-refractivity contribution in [2.45, 2.75) is 37.5 Å². The van der Waals surface area contributed by atoms with E-state index in [0.717, 1.165) is 25.9 Å². The Labute approximate surface area is 299 Å². The zero-order valence-electron chi connectivity index (χ0n) is 27.5. The molecule has 10 nitrogen and oxygen atoms in total. The van der Waals surface area contributed by atoms with Crippen LogP contribution in [0, 0.1) is 11.7 Å². The number of nitrogens with one attached hydrogen (secondary N) is 2. The number of halogens is 3. The van der Waals surface area contributed by atoms with Crippen LogP contribution in [-0.2, 0) is 20.7 Å². The molecular formula is C37H38Cl2FN3O7. The van der Waals surface area contributed by atoms with Crippen molar-refractivity contribution in [2.24, 2.45) is 5.92 Å². The lowest BCUT2D eigenvalue weighted by Gasteiger charge is -2.44. The standard InChI is InChI=1S/C37H36Cl2FN3O6.H2O/c1-46-31-11-8-24(17-33(31)47-2)32(18-28-29(38)19-41-20-30(28)39)48-36(44)23-6-9-27(10-7-23)42-35(25-4-3-5-26(40)16-25)37(45)49-34-21-43-14-12-22(34)13-15-43;/h3-11,16-17,19-20,22,32,34-35,42H,12-15,18,21H2,1-2H3;1H2/t32?,34-,35?;/m0./s1. The summed E-state index contributed by atoms with van der Waals surface area (Å²) in [6.07, 6.45) is 4.38. The van der Waals surface area contributed by atoms with Gasteiger partial charge in [-0.2, -0.15) is 0 Å². The molecule has 3 N–H and O–H groups in total. The smallest absolute Gasteiger partial charge is 0.338 e. The summed E-state index contributed by atoms with van der Waals surface area (Å²) in [7, 11) is 3.06. The van der Waals surface area contributed by atoms with Crippen LogP contribution in [0.1, 0.15) is 52.0 Å². The number of esters is 2. The molecule has 0 spiro atoms. The maximum atomic E-state index is 14.3. The molecule has 7 rings (SSSR count). The van der Waals surface area contributed by atoms with Crippen LogP contribution in [0.15, 0.2) is 79.1 Å². The maximum Gasteiger partial charge on any atom is 0.338 e. The SMILES string of the molecule is COc1ccc(C(Cc2c(Cl)c[nH+]cc2Cl)OC(=O)c2ccc(NC(C(=O)O[C@H]3CN4CCC3CC4)c3cccc(F)c3)cc2)cc1OC.[OH-]. The van der Waals surface area contributed by atoms with Gasteiger partial charge in [0.2, 0.25) is 0 Å². The fourth-order valence-electron chi connectivity index (χ4n) is 6.43. The zero-order valence-corrected chi connectivity index (χ0v) is 29.0. The zero-order chi connectivity index (χ0) is 34.5. The Morgan fingerprint density at radius 2 is 1.64 bits per heavy atom. The van der Waals surface area contributed by atoms with E-state index in [-0.39, 0.29) is 23.6 Å². The van der Waals surface area contributed by atoms with E-state index in [0.29, 0.717) is 56.4 Å². The largest absolute Gasteiger partial charge is 0.870 e. The molecule has 3 saturated heterocycles. The molecule has 2 unspecified atom stereocenters. The van der Waals surface area contributed by atoms with Crippen molar-refractivity contribution in [3.8, 4) is 11.5 Å². The van der Waals surface area contributed by atoms with E-state index in [1.165, 1.54) is 26.4 Å².